The zero-order chi connectivity index (χ0) is 17.5. The fourth-order valence-electron chi connectivity index (χ4n) is 3.21. The molecule has 0 aromatic heterocycles. The molecule has 2 heterocycles. The standard InChI is InChI=1S/C16H8Cl2N2O4/c1-19-13(21)5-3-7(17)10-12-9(5)6(14(19)22)4-8(18)11(12)16(24)20(2)15(10)23/h3-4H,1-2H3. The first kappa shape index (κ1) is 15.1. The number of imide groups is 2. The maximum absolute atomic E-state index is 12.5. The summed E-state index contributed by atoms with van der Waals surface area (Å²) >= 11 is 12.4. The summed E-state index contributed by atoms with van der Waals surface area (Å²) < 4.78 is 0. The van der Waals surface area contributed by atoms with Crippen molar-refractivity contribution in [2.24, 2.45) is 0 Å². The molecule has 0 fully saturated rings. The molecular formula is C16H8Cl2N2O4. The second kappa shape index (κ2) is 4.55. The fourth-order valence-corrected chi connectivity index (χ4v) is 3.78. The van der Waals surface area contributed by atoms with E-state index in [2.05, 4.69) is 0 Å². The minimum Gasteiger partial charge on any atom is -0.277 e. The highest BCUT2D eigenvalue weighted by atomic mass is 35.5. The van der Waals surface area contributed by atoms with E-state index in [1.54, 1.807) is 0 Å². The SMILES string of the molecule is CN1C(=O)c2cc(Cl)c3c4c(c(Cl)cc(c24)C1=O)C(=O)N(C)C3=O. The first-order valence-corrected chi connectivity index (χ1v) is 7.64. The summed E-state index contributed by atoms with van der Waals surface area (Å²) in [5.74, 6) is -2.30. The van der Waals surface area contributed by atoms with Gasteiger partial charge in [-0.15, -0.1) is 0 Å². The van der Waals surface area contributed by atoms with Crippen molar-refractivity contribution in [2.45, 2.75) is 0 Å². The predicted octanol–water partition coefficient (Wildman–Crippen LogP) is 2.60. The Hall–Kier alpha value is -2.44. The number of nitrogens with zero attached hydrogens (tertiary/aromatic N) is 2. The Morgan fingerprint density at radius 2 is 1.04 bits per heavy atom. The van der Waals surface area contributed by atoms with Gasteiger partial charge in [0.25, 0.3) is 23.6 Å². The summed E-state index contributed by atoms with van der Waals surface area (Å²) in [7, 11) is 2.67. The van der Waals surface area contributed by atoms with Crippen LogP contribution >= 0.6 is 23.2 Å². The van der Waals surface area contributed by atoms with Crippen LogP contribution in [0.1, 0.15) is 41.4 Å². The molecule has 4 amide bonds. The summed E-state index contributed by atoms with van der Waals surface area (Å²) in [6, 6.07) is 2.71. The molecule has 2 aliphatic heterocycles. The average molecular weight is 363 g/mol. The highest BCUT2D eigenvalue weighted by molar-refractivity contribution is 6.44. The van der Waals surface area contributed by atoms with Crippen molar-refractivity contribution in [1.82, 2.24) is 9.80 Å². The van der Waals surface area contributed by atoms with E-state index in [1.165, 1.54) is 26.2 Å². The van der Waals surface area contributed by atoms with Crippen molar-refractivity contribution in [2.75, 3.05) is 14.1 Å². The Kier molecular flexibility index (Phi) is 2.87. The molecule has 0 N–H and O–H groups in total. The monoisotopic (exact) mass is 362 g/mol. The number of benzene rings is 2. The third kappa shape index (κ3) is 1.57. The molecule has 0 unspecified atom stereocenters. The van der Waals surface area contributed by atoms with E-state index in [0.717, 1.165) is 9.80 Å². The van der Waals surface area contributed by atoms with Gasteiger partial charge >= 0.3 is 0 Å². The Morgan fingerprint density at radius 1 is 0.667 bits per heavy atom. The molecule has 0 saturated carbocycles. The smallest absolute Gasteiger partial charge is 0.262 e. The molecule has 6 nitrogen and oxygen atoms in total. The zero-order valence-electron chi connectivity index (χ0n) is 12.4. The second-order valence-corrected chi connectivity index (χ2v) is 6.46. The number of amides is 4. The molecule has 2 aromatic rings. The van der Waals surface area contributed by atoms with E-state index < -0.39 is 23.6 Å². The van der Waals surface area contributed by atoms with E-state index >= 15 is 0 Å². The van der Waals surface area contributed by atoms with Crippen LogP contribution in [0.2, 0.25) is 10.0 Å². The van der Waals surface area contributed by atoms with Gasteiger partial charge in [0.1, 0.15) is 0 Å². The summed E-state index contributed by atoms with van der Waals surface area (Å²) in [4.78, 5) is 51.7. The van der Waals surface area contributed by atoms with Gasteiger partial charge in [0, 0.05) is 24.9 Å². The Bertz CT molecular complexity index is 968. The largest absolute Gasteiger partial charge is 0.277 e. The highest BCUT2D eigenvalue weighted by Crippen LogP contribution is 2.43. The quantitative estimate of drug-likeness (QED) is 0.675. The highest BCUT2D eigenvalue weighted by Gasteiger charge is 2.40. The summed E-state index contributed by atoms with van der Waals surface area (Å²) in [5.41, 5.74) is 0.473. The molecule has 0 atom stereocenters. The number of hydrogen-bond donors (Lipinski definition) is 0. The van der Waals surface area contributed by atoms with Crippen LogP contribution in [0, 0.1) is 0 Å². The molecule has 0 spiro atoms. The van der Waals surface area contributed by atoms with Crippen LogP contribution in [-0.2, 0) is 0 Å². The van der Waals surface area contributed by atoms with Crippen LogP contribution in [0.25, 0.3) is 10.8 Å². The Labute approximate surface area is 145 Å². The fraction of sp³-hybridized carbons (Fsp3) is 0.125. The molecule has 0 radical (unpaired) electrons. The lowest BCUT2D eigenvalue weighted by molar-refractivity contribution is 0.0629. The number of carbonyl (C=O) groups is 4. The van der Waals surface area contributed by atoms with E-state index in [-0.39, 0.29) is 43.1 Å². The van der Waals surface area contributed by atoms with Gasteiger partial charge in [-0.2, -0.15) is 0 Å². The lowest BCUT2D eigenvalue weighted by Crippen LogP contribution is -2.40. The topological polar surface area (TPSA) is 74.8 Å². The van der Waals surface area contributed by atoms with Gasteiger partial charge in [0.15, 0.2) is 0 Å². The van der Waals surface area contributed by atoms with Gasteiger partial charge in [0.2, 0.25) is 0 Å². The van der Waals surface area contributed by atoms with Gasteiger partial charge in [-0.25, -0.2) is 0 Å². The number of halogens is 2. The molecule has 2 aromatic carbocycles. The van der Waals surface area contributed by atoms with Crippen molar-refractivity contribution in [1.29, 1.82) is 0 Å². The van der Waals surface area contributed by atoms with Crippen LogP contribution in [0.3, 0.4) is 0 Å². The molecule has 120 valence electrons. The Balaban J connectivity index is 2.33. The van der Waals surface area contributed by atoms with E-state index in [4.69, 9.17) is 23.2 Å². The average Bonchev–Trinajstić information content (AvgIpc) is 2.54. The van der Waals surface area contributed by atoms with Crippen LogP contribution < -0.4 is 0 Å². The van der Waals surface area contributed by atoms with Crippen LogP contribution in [0.15, 0.2) is 12.1 Å². The van der Waals surface area contributed by atoms with E-state index in [0.29, 0.717) is 0 Å². The number of carbonyl (C=O) groups excluding carboxylic acids is 4. The van der Waals surface area contributed by atoms with Gasteiger partial charge in [-0.05, 0) is 12.1 Å². The van der Waals surface area contributed by atoms with Crippen LogP contribution in [0.4, 0.5) is 0 Å². The first-order valence-electron chi connectivity index (χ1n) is 6.89. The van der Waals surface area contributed by atoms with Gasteiger partial charge in [0.05, 0.1) is 32.3 Å². The normalized spacial score (nSPS) is 16.5. The summed E-state index contributed by atoms with van der Waals surface area (Å²) in [6.45, 7) is 0. The zero-order valence-corrected chi connectivity index (χ0v) is 13.9. The van der Waals surface area contributed by atoms with Crippen molar-refractivity contribution < 1.29 is 19.2 Å². The molecule has 4 rings (SSSR count). The maximum Gasteiger partial charge on any atom is 0.262 e. The Morgan fingerprint density at radius 3 is 1.46 bits per heavy atom. The van der Waals surface area contributed by atoms with Gasteiger partial charge < -0.3 is 0 Å². The minimum absolute atomic E-state index is 0.0346. The predicted molar refractivity (Wildman–Crippen MR) is 86.8 cm³/mol. The third-order valence-corrected chi connectivity index (χ3v) is 5.01. The molecule has 24 heavy (non-hydrogen) atoms. The molecular weight excluding hydrogens is 355 g/mol. The first-order chi connectivity index (χ1) is 11.3. The molecule has 8 heteroatoms. The van der Waals surface area contributed by atoms with Crippen molar-refractivity contribution >= 4 is 57.6 Å². The van der Waals surface area contributed by atoms with Crippen molar-refractivity contribution in [3.8, 4) is 0 Å². The minimum atomic E-state index is -0.601. The summed E-state index contributed by atoms with van der Waals surface area (Å²) in [6.07, 6.45) is 0. The number of rotatable bonds is 0. The van der Waals surface area contributed by atoms with Crippen LogP contribution in [-0.4, -0.2) is 47.5 Å². The van der Waals surface area contributed by atoms with E-state index in [1.807, 2.05) is 0 Å². The maximum atomic E-state index is 12.5. The molecule has 0 aliphatic carbocycles. The van der Waals surface area contributed by atoms with Gasteiger partial charge in [-0.3, -0.25) is 29.0 Å². The van der Waals surface area contributed by atoms with Gasteiger partial charge in [-0.1, -0.05) is 23.2 Å². The lowest BCUT2D eigenvalue weighted by atomic mass is 9.86. The van der Waals surface area contributed by atoms with Crippen molar-refractivity contribution in [3.63, 3.8) is 0 Å². The lowest BCUT2D eigenvalue weighted by Gasteiger charge is -2.30. The molecule has 0 bridgehead atoms. The third-order valence-electron chi connectivity index (χ3n) is 4.42. The molecule has 2 aliphatic rings. The number of hydrogen-bond acceptors (Lipinski definition) is 4. The van der Waals surface area contributed by atoms with E-state index in [9.17, 15) is 19.2 Å². The molecule has 0 saturated heterocycles. The summed E-state index contributed by atoms with van der Waals surface area (Å²) in [5, 5.41) is 0.486. The van der Waals surface area contributed by atoms with Crippen LogP contribution in [0.5, 0.6) is 0 Å². The van der Waals surface area contributed by atoms with Crippen molar-refractivity contribution in [3.05, 3.63) is 44.4 Å². The second-order valence-electron chi connectivity index (χ2n) is 5.65.